The average Bonchev–Trinajstić information content (AvgIpc) is 1.64. The largest absolute Gasteiger partial charge is 0.479 e. The Kier molecular flexibility index (Phi) is 30.4. The minimum absolute atomic E-state index is 0.0871. The van der Waals surface area contributed by atoms with Crippen molar-refractivity contribution in [3.05, 3.63) is 346 Å². The second kappa shape index (κ2) is 43.6. The highest BCUT2D eigenvalue weighted by Gasteiger charge is 2.33. The van der Waals surface area contributed by atoms with Crippen LogP contribution in [0.25, 0.3) is 11.2 Å². The van der Waals surface area contributed by atoms with E-state index in [1.165, 1.54) is 81.5 Å². The van der Waals surface area contributed by atoms with Crippen LogP contribution in [0.5, 0.6) is 23.5 Å². The summed E-state index contributed by atoms with van der Waals surface area (Å²) in [5.41, 5.74) is 9.89. The Balaban J connectivity index is 0.000000127. The highest BCUT2D eigenvalue weighted by Crippen LogP contribution is 2.37. The molecule has 7 aromatic carbocycles. The van der Waals surface area contributed by atoms with E-state index in [9.17, 15) is 62.7 Å². The third kappa shape index (κ3) is 24.8. The summed E-state index contributed by atoms with van der Waals surface area (Å²) in [7, 11) is 6.08. The third-order valence-corrected chi connectivity index (χ3v) is 21.2. The smallest absolute Gasteiger partial charge is 0.416 e. The van der Waals surface area contributed by atoms with E-state index in [1.54, 1.807) is 102 Å². The second-order valence-corrected chi connectivity index (χ2v) is 32.7. The number of aryl methyl sites for hydroxylation is 4. The van der Waals surface area contributed by atoms with Crippen molar-refractivity contribution in [3.63, 3.8) is 0 Å². The van der Waals surface area contributed by atoms with Crippen molar-refractivity contribution in [2.45, 2.75) is 66.2 Å². The summed E-state index contributed by atoms with van der Waals surface area (Å²) in [4.78, 5) is 109. The number of ether oxygens (including phenoxy) is 4. The van der Waals surface area contributed by atoms with Gasteiger partial charge in [0.1, 0.15) is 129 Å². The zero-order chi connectivity index (χ0) is 102. The maximum atomic E-state index is 14.0. The van der Waals surface area contributed by atoms with Crippen molar-refractivity contribution >= 4 is 90.8 Å². The van der Waals surface area contributed by atoms with Crippen LogP contribution in [0.4, 0.5) is 128 Å². The zero-order valence-electron chi connectivity index (χ0n) is 78.0. The van der Waals surface area contributed by atoms with Crippen LogP contribution in [-0.4, -0.2) is 114 Å². The molecule has 0 atom stereocenters. The van der Waals surface area contributed by atoms with Crippen molar-refractivity contribution in [1.82, 2.24) is 45.2 Å². The third-order valence-electron chi connectivity index (χ3n) is 21.2. The van der Waals surface area contributed by atoms with Gasteiger partial charge in [-0.15, -0.1) is 0 Å². The van der Waals surface area contributed by atoms with Gasteiger partial charge in [-0.3, -0.25) is 44.3 Å². The molecule has 14 heterocycles. The fourth-order valence-electron chi connectivity index (χ4n) is 14.2. The first-order valence-electron chi connectivity index (χ1n) is 43.3. The quantitative estimate of drug-likeness (QED) is 0.0357. The lowest BCUT2D eigenvalue weighted by Crippen LogP contribution is -2.33. The topological polar surface area (TPSA) is 459 Å². The van der Waals surface area contributed by atoms with Gasteiger partial charge in [0.05, 0.1) is 56.6 Å². The van der Waals surface area contributed by atoms with E-state index in [1.807, 2.05) is 12.1 Å². The van der Waals surface area contributed by atoms with E-state index in [0.717, 1.165) is 52.6 Å². The maximum Gasteiger partial charge on any atom is 0.416 e. The predicted molar refractivity (Wildman–Crippen MR) is 508 cm³/mol. The van der Waals surface area contributed by atoms with Crippen LogP contribution in [0.15, 0.2) is 261 Å². The first-order chi connectivity index (χ1) is 68.9. The van der Waals surface area contributed by atoms with Crippen molar-refractivity contribution in [3.8, 4) is 23.5 Å². The number of alkyl halides is 6. The number of halogens is 11. The lowest BCUT2D eigenvalue weighted by Gasteiger charge is -2.20. The summed E-state index contributed by atoms with van der Waals surface area (Å²) in [5.74, 6) is -1.51. The zero-order valence-corrected chi connectivity index (χ0v) is 78.0. The van der Waals surface area contributed by atoms with Gasteiger partial charge in [0.25, 0.3) is 16.7 Å². The molecule has 0 spiro atoms. The predicted octanol–water partition coefficient (Wildman–Crippen LogP) is 11.8. The number of hydrogen-bond acceptors (Lipinski definition) is 33. The number of nitrogens with one attached hydrogen (secondary N) is 10. The van der Waals surface area contributed by atoms with Gasteiger partial charge in [-0.25, -0.2) is 56.5 Å². The lowest BCUT2D eigenvalue weighted by molar-refractivity contribution is -0.138. The van der Waals surface area contributed by atoms with Crippen molar-refractivity contribution in [2.75, 3.05) is 106 Å². The average molecular weight is 1980 g/mol. The van der Waals surface area contributed by atoms with Gasteiger partial charge in [-0.05, 0) is 205 Å². The van der Waals surface area contributed by atoms with Crippen molar-refractivity contribution in [2.24, 2.45) is 59.9 Å². The number of aromatic nitrogens is 9. The van der Waals surface area contributed by atoms with Gasteiger partial charge in [0.2, 0.25) is 29.2 Å². The summed E-state index contributed by atoms with van der Waals surface area (Å²) in [6, 6.07) is 46.9. The Bertz CT molecular complexity index is 8550. The van der Waals surface area contributed by atoms with Crippen molar-refractivity contribution < 1.29 is 71.9 Å². The molecule has 8 aromatic heterocycles. The molecule has 0 aliphatic carbocycles. The number of aromatic amines is 3. The van der Waals surface area contributed by atoms with E-state index in [4.69, 9.17) is 18.9 Å². The highest BCUT2D eigenvalue weighted by molar-refractivity contribution is 5.76. The molecule has 0 saturated heterocycles. The summed E-state index contributed by atoms with van der Waals surface area (Å²) >= 11 is 0. The van der Waals surface area contributed by atoms with Gasteiger partial charge < -0.3 is 71.1 Å². The van der Waals surface area contributed by atoms with E-state index in [0.29, 0.717) is 154 Å². The Hall–Kier alpha value is -18.0. The summed E-state index contributed by atoms with van der Waals surface area (Å²) in [5, 5.41) is 31.3. The first-order valence-corrected chi connectivity index (χ1v) is 43.3. The fourth-order valence-corrected chi connectivity index (χ4v) is 14.2. The Morgan fingerprint density at radius 1 is 0.319 bits per heavy atom. The number of H-pyrrole nitrogens is 3. The highest BCUT2D eigenvalue weighted by atomic mass is 19.4. The standard InChI is InChI=1S/C17H20N4O.C15H13F3N4O.C14H11F3N4O.C14H13FN4O.C13H11FN4O.C12H8F2N4O.C12H9FN4O2/c1-17(2,3)11-6-5-7-12(8-11)20-14-9-13-15(19-10-18-13)21-16(14)22-4;1-8-3-9(15(16,17)18)5-10(4-8)21-12-6-11-13(20-7-19-11)22-14(12)23-2;1-7-2-8(14(15,16)17)4-9(3-7)20-11-5-10-12(19-6-18-10)21-13(11)22;1-8-4-3-5-9(12(8)15)18-11-6-10-13(17-7-16-10)19-14(11)20-2;1-19-13-11(6-10-12(18-13)16-7-15-10)17-9-4-2-3-8(14)5-9;13-6-2-1-3-7(10(6)14)17-9-4-8-11(16-5-15-8)18-12(9)19;1-6-2-3-8(7(13)4-6)14-10-5-9-11(15-12(10)18)17-19-16-9/h5-9,20H,10H2,1-4H3;3-6,21H,7H2,1-2H3;2-5,20H,6H2,1H3,(H,19,21,22);3-6,18H,7H2,1-2H3;2-6,17H,7H2,1H3;1-4,17H,5H2,(H,16,18,19);2-5,14H,1H3,(H,15,17,18). The van der Waals surface area contributed by atoms with Gasteiger partial charge >= 0.3 is 12.4 Å². The number of hydrogen-bond donors (Lipinski definition) is 10. The molecule has 21 rings (SSSR count). The fraction of sp³-hybridized carbons (Fsp3) is 0.206. The van der Waals surface area contributed by atoms with Gasteiger partial charge in [-0.1, -0.05) is 63.2 Å². The maximum absolute atomic E-state index is 14.0. The molecule has 738 valence electrons. The minimum Gasteiger partial charge on any atom is -0.479 e. The molecule has 6 aliphatic heterocycles. The minimum atomic E-state index is -4.44. The van der Waals surface area contributed by atoms with E-state index >= 15 is 0 Å². The van der Waals surface area contributed by atoms with E-state index in [-0.39, 0.29) is 82.7 Å². The van der Waals surface area contributed by atoms with Crippen molar-refractivity contribution in [1.29, 1.82) is 0 Å². The molecule has 36 nitrogen and oxygen atoms in total. The summed E-state index contributed by atoms with van der Waals surface area (Å²) in [6.45, 7) is 15.2. The van der Waals surface area contributed by atoms with Gasteiger partial charge in [0.15, 0.2) is 50.1 Å². The molecule has 144 heavy (non-hydrogen) atoms. The van der Waals surface area contributed by atoms with Crippen LogP contribution in [0, 0.1) is 56.8 Å². The Morgan fingerprint density at radius 2 is 0.701 bits per heavy atom. The summed E-state index contributed by atoms with van der Waals surface area (Å²) < 4.78 is 170. The Morgan fingerprint density at radius 3 is 1.17 bits per heavy atom. The number of methoxy groups -OCH3 is 4. The molecular weight excluding hydrogens is 1890 g/mol. The molecular formula is C97H85F11N28O8. The summed E-state index contributed by atoms with van der Waals surface area (Å²) in [6.07, 6.45) is -8.85. The van der Waals surface area contributed by atoms with Gasteiger partial charge in [-0.2, -0.15) is 46.3 Å². The molecule has 47 heteroatoms. The molecule has 0 unspecified atom stereocenters. The monoisotopic (exact) mass is 1980 g/mol. The van der Waals surface area contributed by atoms with Crippen LogP contribution in [0.3, 0.4) is 0 Å². The Labute approximate surface area is 805 Å². The number of rotatable bonds is 18. The van der Waals surface area contributed by atoms with Crippen LogP contribution < -0.4 is 138 Å². The molecule has 6 aliphatic rings. The van der Waals surface area contributed by atoms with E-state index < -0.39 is 57.6 Å². The second-order valence-electron chi connectivity index (χ2n) is 32.7. The molecule has 0 amide bonds. The lowest BCUT2D eigenvalue weighted by atomic mass is 9.87. The van der Waals surface area contributed by atoms with Crippen LogP contribution in [0.1, 0.15) is 59.7 Å². The number of nitrogens with zero attached hydrogens (tertiary/aromatic N) is 18. The number of pyridine rings is 7. The first kappa shape index (κ1) is 100. The molecule has 0 saturated carbocycles. The molecule has 10 N–H and O–H groups in total. The van der Waals surface area contributed by atoms with E-state index in [2.05, 4.69) is 186 Å². The number of benzene rings is 7. The van der Waals surface area contributed by atoms with Crippen LogP contribution in [0.2, 0.25) is 0 Å². The molecule has 0 fully saturated rings. The van der Waals surface area contributed by atoms with Crippen LogP contribution >= 0.6 is 0 Å². The molecule has 0 radical (unpaired) electrons. The van der Waals surface area contributed by atoms with Gasteiger partial charge in [0, 0.05) is 28.8 Å². The number of fused-ring (bicyclic) bond motifs is 7. The molecule has 15 aromatic rings. The SMILES string of the molecule is COc1nc2c(cc1Nc1cc(C)cc(C(F)(F)F)c1)=NCN=2.COc1nc2c(cc1Nc1cccc(C(C)(C)C)c1)=NCN=2.COc1nc2c(cc1Nc1cccc(C)c1F)=NCN=2.COc1nc2c(cc1Nc1cccc(F)c1)=NCN=2.Cc1cc(Nc2cc3c([nH]c2=O)=NCN=3)cc(C(F)(F)F)c1.Cc1ccc(Nc2cc3nonc3[nH]c2=O)c(F)c1.O=c1[nH]c2c(cc1Nc1cccc(F)c1F)=NCN=2. The normalized spacial score (nSPS) is 12.5. The molecule has 0 bridgehead atoms. The van der Waals surface area contributed by atoms with Crippen LogP contribution in [-0.2, 0) is 17.8 Å². The number of anilines is 14.